The Hall–Kier alpha value is -5.06. The second kappa shape index (κ2) is 17.2. The van der Waals surface area contributed by atoms with Gasteiger partial charge in [-0.1, -0.05) is 72.8 Å². The van der Waals surface area contributed by atoms with Gasteiger partial charge in [0.1, 0.15) is 11.4 Å². The lowest BCUT2D eigenvalue weighted by molar-refractivity contribution is -0.150. The van der Waals surface area contributed by atoms with Crippen molar-refractivity contribution in [1.29, 1.82) is 0 Å². The molecule has 0 fully saturated rings. The molecular weight excluding hydrogens is 639 g/mol. The average molecular weight is 677 g/mol. The lowest BCUT2D eigenvalue weighted by Gasteiger charge is -2.22. The Morgan fingerprint density at radius 2 is 1.56 bits per heavy atom. The third-order valence-corrected chi connectivity index (χ3v) is 8.85. The van der Waals surface area contributed by atoms with Gasteiger partial charge in [-0.3, -0.25) is 18.9 Å². The molecule has 1 aromatic heterocycles. The summed E-state index contributed by atoms with van der Waals surface area (Å²) < 4.78 is 35.6. The summed E-state index contributed by atoms with van der Waals surface area (Å²) in [5, 5.41) is 11.7. The van der Waals surface area contributed by atoms with Crippen LogP contribution in [0.3, 0.4) is 0 Å². The predicted octanol–water partition coefficient (Wildman–Crippen LogP) is 6.35. The Labute approximate surface area is 278 Å². The highest BCUT2D eigenvalue weighted by Crippen LogP contribution is 2.49. The van der Waals surface area contributed by atoms with E-state index in [0.29, 0.717) is 28.5 Å². The number of aryl methyl sites for hydroxylation is 1. The molecule has 0 aliphatic carbocycles. The summed E-state index contributed by atoms with van der Waals surface area (Å²) in [7, 11) is -3.90. The van der Waals surface area contributed by atoms with Gasteiger partial charge in [0.05, 0.1) is 19.2 Å². The number of ketones is 1. The Morgan fingerprint density at radius 3 is 2.21 bits per heavy atom. The molecule has 0 radical (unpaired) electrons. The summed E-state index contributed by atoms with van der Waals surface area (Å²) in [5.74, 6) is -1.33. The number of nitrogens with one attached hydrogen (secondary N) is 1. The molecule has 252 valence electrons. The molecule has 1 heterocycles. The fourth-order valence-corrected chi connectivity index (χ4v) is 6.21. The monoisotopic (exact) mass is 676 g/mol. The molecule has 12 nitrogen and oxygen atoms in total. The van der Waals surface area contributed by atoms with Gasteiger partial charge in [0.15, 0.2) is 23.5 Å². The van der Waals surface area contributed by atoms with Crippen molar-refractivity contribution in [1.82, 2.24) is 10.3 Å². The predicted molar refractivity (Wildman–Crippen MR) is 177 cm³/mol. The van der Waals surface area contributed by atoms with Crippen molar-refractivity contribution in [2.45, 2.75) is 45.6 Å². The summed E-state index contributed by atoms with van der Waals surface area (Å²) in [6, 6.07) is 24.3. The Kier molecular flexibility index (Phi) is 12.8. The number of hydrogen-bond donors (Lipinski definition) is 2. The van der Waals surface area contributed by atoms with E-state index in [1.54, 1.807) is 61.5 Å². The van der Waals surface area contributed by atoms with Crippen LogP contribution < -0.4 is 9.84 Å². The third-order valence-electron chi connectivity index (χ3n) is 6.95. The fraction of sp³-hybridized carbons (Fsp3) is 0.286. The number of aliphatic carboxylic acids is 1. The molecule has 4 rings (SSSR count). The number of Topliss-reactive ketones (excluding diaryl/α,β-unsaturated/α-hetero) is 1. The molecule has 2 atom stereocenters. The highest BCUT2D eigenvalue weighted by Gasteiger charge is 2.32. The minimum atomic E-state index is -3.90. The number of benzene rings is 3. The van der Waals surface area contributed by atoms with Crippen molar-refractivity contribution < 1.29 is 47.1 Å². The van der Waals surface area contributed by atoms with Crippen molar-refractivity contribution in [2.24, 2.45) is 0 Å². The Bertz CT molecular complexity index is 1740. The average Bonchev–Trinajstić information content (AvgIpc) is 3.51. The van der Waals surface area contributed by atoms with E-state index in [2.05, 4.69) is 10.3 Å². The standard InChI is InChI=1S/C35H37N2O10P/c1-3-44-35(42)24(2)46-48(43,47-28-12-8-5-9-13-28)23-22-36-30(39)19-18-29(38)25-14-16-27(17-15-25)34-33(26-10-6-4-7-11-26)37-31(45-34)20-21-32(40)41/h4-17,24H,3,18-23H2,1-2H3,(H,36,39)(H,40,41)/t24-,48?/m1/s1. The topological polar surface area (TPSA) is 171 Å². The van der Waals surface area contributed by atoms with E-state index in [9.17, 15) is 23.7 Å². The normalized spacial score (nSPS) is 12.8. The van der Waals surface area contributed by atoms with Gasteiger partial charge in [-0.05, 0) is 26.0 Å². The van der Waals surface area contributed by atoms with E-state index in [-0.39, 0.29) is 56.5 Å². The van der Waals surface area contributed by atoms with Gasteiger partial charge in [0.25, 0.3) is 0 Å². The number of carbonyl (C=O) groups excluding carboxylic acids is 3. The minimum Gasteiger partial charge on any atom is -0.481 e. The Morgan fingerprint density at radius 1 is 0.896 bits per heavy atom. The van der Waals surface area contributed by atoms with Crippen LogP contribution in [0.25, 0.3) is 22.6 Å². The number of ether oxygens (including phenoxy) is 1. The summed E-state index contributed by atoms with van der Waals surface area (Å²) in [6.07, 6.45) is -1.57. The number of oxazole rings is 1. The first-order valence-corrected chi connectivity index (χ1v) is 17.2. The van der Waals surface area contributed by atoms with Gasteiger partial charge >= 0.3 is 19.5 Å². The van der Waals surface area contributed by atoms with E-state index in [0.717, 1.165) is 5.56 Å². The van der Waals surface area contributed by atoms with E-state index in [1.165, 1.54) is 6.92 Å². The number of nitrogens with zero attached hydrogens (tertiary/aromatic N) is 1. The van der Waals surface area contributed by atoms with E-state index in [4.69, 9.17) is 23.3 Å². The SMILES string of the molecule is CCOC(=O)[C@@H](C)OP(=O)(CCNC(=O)CCC(=O)c1ccc(-c2oc(CCC(=O)O)nc2-c2ccccc2)cc1)Oc1ccccc1. The molecule has 0 aliphatic rings. The number of aromatic nitrogens is 1. The number of esters is 1. The van der Waals surface area contributed by atoms with Crippen LogP contribution in [-0.4, -0.2) is 59.1 Å². The first kappa shape index (κ1) is 35.8. The summed E-state index contributed by atoms with van der Waals surface area (Å²) in [5.41, 5.74) is 2.40. The van der Waals surface area contributed by atoms with Crippen molar-refractivity contribution in [3.63, 3.8) is 0 Å². The number of hydrogen-bond acceptors (Lipinski definition) is 10. The molecule has 3 aromatic carbocycles. The summed E-state index contributed by atoms with van der Waals surface area (Å²) in [4.78, 5) is 53.2. The van der Waals surface area contributed by atoms with Crippen molar-refractivity contribution >= 4 is 31.2 Å². The molecule has 13 heteroatoms. The maximum absolute atomic E-state index is 13.5. The zero-order chi connectivity index (χ0) is 34.5. The second-order valence-electron chi connectivity index (χ2n) is 10.6. The van der Waals surface area contributed by atoms with Crippen molar-refractivity contribution in [2.75, 3.05) is 19.3 Å². The molecule has 2 N–H and O–H groups in total. The lowest BCUT2D eigenvalue weighted by Crippen LogP contribution is -2.29. The van der Waals surface area contributed by atoms with E-state index in [1.807, 2.05) is 30.3 Å². The number of carboxylic acid groups (broad SMARTS) is 1. The third kappa shape index (κ3) is 10.5. The maximum Gasteiger partial charge on any atom is 0.381 e. The van der Waals surface area contributed by atoms with Crippen LogP contribution in [-0.2, 0) is 34.6 Å². The lowest BCUT2D eigenvalue weighted by atomic mass is 10.0. The van der Waals surface area contributed by atoms with Gasteiger partial charge < -0.3 is 24.1 Å². The quantitative estimate of drug-likeness (QED) is 0.0684. The van der Waals surface area contributed by atoms with E-state index >= 15 is 0 Å². The smallest absolute Gasteiger partial charge is 0.381 e. The zero-order valence-corrected chi connectivity index (χ0v) is 27.5. The fourth-order valence-electron chi connectivity index (χ4n) is 4.58. The van der Waals surface area contributed by atoms with Gasteiger partial charge in [-0.25, -0.2) is 14.3 Å². The van der Waals surface area contributed by atoms with Crippen LogP contribution in [0.15, 0.2) is 89.3 Å². The molecule has 48 heavy (non-hydrogen) atoms. The molecule has 4 aromatic rings. The van der Waals surface area contributed by atoms with Crippen molar-refractivity contribution in [3.8, 4) is 28.3 Å². The molecule has 0 bridgehead atoms. The molecule has 0 saturated carbocycles. The molecule has 0 aliphatic heterocycles. The van der Waals surface area contributed by atoms with Crippen LogP contribution in [0, 0.1) is 0 Å². The van der Waals surface area contributed by atoms with E-state index < -0.39 is 31.5 Å². The first-order chi connectivity index (χ1) is 23.1. The summed E-state index contributed by atoms with van der Waals surface area (Å²) in [6.45, 7) is 3.09. The molecular formula is C35H37N2O10P. The van der Waals surface area contributed by atoms with Gasteiger partial charge in [-0.2, -0.15) is 0 Å². The molecule has 0 spiro atoms. The largest absolute Gasteiger partial charge is 0.481 e. The number of para-hydroxylation sites is 1. The van der Waals surface area contributed by atoms with Crippen LogP contribution in [0.4, 0.5) is 0 Å². The zero-order valence-electron chi connectivity index (χ0n) is 26.6. The maximum atomic E-state index is 13.5. The highest BCUT2D eigenvalue weighted by molar-refractivity contribution is 7.54. The summed E-state index contributed by atoms with van der Waals surface area (Å²) >= 11 is 0. The van der Waals surface area contributed by atoms with Gasteiger partial charge in [-0.15, -0.1) is 0 Å². The van der Waals surface area contributed by atoms with Crippen LogP contribution in [0.2, 0.25) is 0 Å². The van der Waals surface area contributed by atoms with Gasteiger partial charge in [0, 0.05) is 42.5 Å². The van der Waals surface area contributed by atoms with Gasteiger partial charge in [0.2, 0.25) is 5.91 Å². The first-order valence-electron chi connectivity index (χ1n) is 15.4. The molecule has 1 amide bonds. The van der Waals surface area contributed by atoms with Crippen LogP contribution in [0.1, 0.15) is 49.4 Å². The Balaban J connectivity index is 1.34. The number of amides is 1. The van der Waals surface area contributed by atoms with Crippen LogP contribution in [0.5, 0.6) is 5.75 Å². The highest BCUT2D eigenvalue weighted by atomic mass is 31.2. The minimum absolute atomic E-state index is 0.0728. The number of rotatable bonds is 18. The number of carboxylic acids is 1. The van der Waals surface area contributed by atoms with Crippen molar-refractivity contribution in [3.05, 3.63) is 96.4 Å². The molecule has 0 saturated heterocycles. The molecule has 1 unspecified atom stereocenters. The van der Waals surface area contributed by atoms with Crippen LogP contribution >= 0.6 is 7.60 Å². The number of carbonyl (C=O) groups is 4. The second-order valence-corrected chi connectivity index (χ2v) is 12.7.